The number of para-hydroxylation sites is 1. The number of pyridine rings is 1. The van der Waals surface area contributed by atoms with Gasteiger partial charge in [-0.3, -0.25) is 0 Å². The Balaban J connectivity index is 2.32. The fourth-order valence-corrected chi connectivity index (χ4v) is 3.02. The molecular formula is C19H23N3O. The Labute approximate surface area is 136 Å². The number of aliphatic hydroxyl groups excluding tert-OH is 1. The third-order valence-corrected chi connectivity index (χ3v) is 4.33. The van der Waals surface area contributed by atoms with Gasteiger partial charge in [0.1, 0.15) is 5.76 Å². The Hall–Kier alpha value is -2.49. The Morgan fingerprint density at radius 1 is 1.13 bits per heavy atom. The minimum atomic E-state index is 0.311. The molecule has 4 heteroatoms. The van der Waals surface area contributed by atoms with Gasteiger partial charge in [0.15, 0.2) is 5.49 Å². The van der Waals surface area contributed by atoms with Gasteiger partial charge in [-0.05, 0) is 36.8 Å². The number of hydrogen-bond donors (Lipinski definition) is 1. The first kappa shape index (κ1) is 15.4. The molecule has 1 atom stereocenters. The van der Waals surface area contributed by atoms with Gasteiger partial charge in [0, 0.05) is 18.7 Å². The zero-order chi connectivity index (χ0) is 16.4. The fraction of sp³-hybridized carbons (Fsp3) is 0.316. The normalized spacial score (nSPS) is 18.7. The first-order valence-electron chi connectivity index (χ1n) is 8.14. The maximum atomic E-state index is 10.3. The predicted molar refractivity (Wildman–Crippen MR) is 94.4 cm³/mol. The van der Waals surface area contributed by atoms with Gasteiger partial charge < -0.3 is 10.1 Å². The summed E-state index contributed by atoms with van der Waals surface area (Å²) in [4.78, 5) is 4.77. The lowest BCUT2D eigenvalue weighted by molar-refractivity contribution is 0.481. The van der Waals surface area contributed by atoms with Gasteiger partial charge in [0.05, 0.1) is 17.1 Å². The van der Waals surface area contributed by atoms with E-state index in [1.807, 2.05) is 49.4 Å². The van der Waals surface area contributed by atoms with Gasteiger partial charge in [-0.25, -0.2) is 9.67 Å². The molecule has 0 radical (unpaired) electrons. The maximum Gasteiger partial charge on any atom is 0.152 e. The number of aliphatic hydroxyl groups is 1. The van der Waals surface area contributed by atoms with E-state index in [0.29, 0.717) is 18.2 Å². The van der Waals surface area contributed by atoms with Crippen molar-refractivity contribution in [1.29, 1.82) is 0 Å². The topological polar surface area (TPSA) is 40.8 Å². The minimum absolute atomic E-state index is 0.311. The molecule has 1 aliphatic heterocycles. The molecule has 0 saturated carbocycles. The van der Waals surface area contributed by atoms with E-state index in [4.69, 9.17) is 4.99 Å². The average molecular weight is 309 g/mol. The van der Waals surface area contributed by atoms with E-state index >= 15 is 0 Å². The highest BCUT2D eigenvalue weighted by molar-refractivity contribution is 5.43. The maximum absolute atomic E-state index is 10.3. The van der Waals surface area contributed by atoms with Crippen molar-refractivity contribution in [3.8, 4) is 0 Å². The molecule has 0 spiro atoms. The van der Waals surface area contributed by atoms with Crippen LogP contribution >= 0.6 is 0 Å². The van der Waals surface area contributed by atoms with Crippen molar-refractivity contribution >= 4 is 17.5 Å². The number of aromatic nitrogens is 1. The number of rotatable bonds is 3. The molecular weight excluding hydrogens is 286 g/mol. The number of benzene rings is 1. The summed E-state index contributed by atoms with van der Waals surface area (Å²) in [5.41, 5.74) is 1.79. The van der Waals surface area contributed by atoms with Gasteiger partial charge in [-0.1, -0.05) is 32.0 Å². The molecule has 3 rings (SSSR count). The quantitative estimate of drug-likeness (QED) is 0.941. The first-order chi connectivity index (χ1) is 11.2. The molecule has 1 aromatic heterocycles. The van der Waals surface area contributed by atoms with Crippen molar-refractivity contribution in [2.24, 2.45) is 4.99 Å². The third-order valence-electron chi connectivity index (χ3n) is 4.33. The summed E-state index contributed by atoms with van der Waals surface area (Å²) in [5.74, 6) is 0.418. The monoisotopic (exact) mass is 309 g/mol. The van der Waals surface area contributed by atoms with Crippen LogP contribution < -0.4 is 21.1 Å². The van der Waals surface area contributed by atoms with Crippen LogP contribution in [0.4, 0.5) is 5.69 Å². The van der Waals surface area contributed by atoms with Crippen molar-refractivity contribution in [2.45, 2.75) is 32.7 Å². The molecule has 1 aromatic carbocycles. The molecule has 0 aliphatic carbocycles. The van der Waals surface area contributed by atoms with Crippen LogP contribution in [0.3, 0.4) is 0 Å². The molecule has 0 fully saturated rings. The van der Waals surface area contributed by atoms with Gasteiger partial charge in [-0.15, -0.1) is 0 Å². The van der Waals surface area contributed by atoms with Gasteiger partial charge in [-0.2, -0.15) is 0 Å². The summed E-state index contributed by atoms with van der Waals surface area (Å²) in [5, 5.41) is 14.4. The van der Waals surface area contributed by atoms with Crippen molar-refractivity contribution in [3.63, 3.8) is 0 Å². The summed E-state index contributed by atoms with van der Waals surface area (Å²) < 4.78 is 2.10. The van der Waals surface area contributed by atoms with Crippen LogP contribution in [-0.2, 0) is 0 Å². The second-order valence-corrected chi connectivity index (χ2v) is 5.77. The summed E-state index contributed by atoms with van der Waals surface area (Å²) in [6, 6.07) is 14.2. The number of fused-ring (bicyclic) bond motifs is 1. The smallest absolute Gasteiger partial charge is 0.152 e. The van der Waals surface area contributed by atoms with Gasteiger partial charge >= 0.3 is 0 Å². The highest BCUT2D eigenvalue weighted by atomic mass is 16.3. The highest BCUT2D eigenvalue weighted by Crippen LogP contribution is 2.09. The molecule has 4 nitrogen and oxygen atoms in total. The zero-order valence-corrected chi connectivity index (χ0v) is 13.9. The third kappa shape index (κ3) is 2.77. The van der Waals surface area contributed by atoms with E-state index in [-0.39, 0.29) is 0 Å². The van der Waals surface area contributed by atoms with Crippen LogP contribution in [0, 0.1) is 0 Å². The molecule has 120 valence electrons. The standard InChI is InChI=1S/C19H23N3O/c1-4-15-13-17-16(18(23)5-2)11-12-19(22(17)21(15)3)20-14-9-7-6-8-10-14/h6-13,15,23H,4-5H2,1-3H3. The van der Waals surface area contributed by atoms with Gasteiger partial charge in [0.2, 0.25) is 0 Å². The van der Waals surface area contributed by atoms with Crippen LogP contribution in [0.2, 0.25) is 0 Å². The SMILES string of the molecule is CCC(O)=c1ccc(=Nc2ccccc2)n2c1=CC(CC)N2C. The summed E-state index contributed by atoms with van der Waals surface area (Å²) in [6.07, 6.45) is 3.84. The van der Waals surface area contributed by atoms with Crippen molar-refractivity contribution in [1.82, 2.24) is 4.68 Å². The van der Waals surface area contributed by atoms with Crippen molar-refractivity contribution in [3.05, 3.63) is 58.5 Å². The number of nitrogens with zero attached hydrogens (tertiary/aromatic N) is 3. The molecule has 2 heterocycles. The highest BCUT2D eigenvalue weighted by Gasteiger charge is 2.19. The summed E-state index contributed by atoms with van der Waals surface area (Å²) in [6.45, 7) is 4.13. The molecule has 1 aliphatic rings. The minimum Gasteiger partial charge on any atom is -0.512 e. The second kappa shape index (κ2) is 6.32. The Morgan fingerprint density at radius 2 is 1.87 bits per heavy atom. The lowest BCUT2D eigenvalue weighted by atomic mass is 10.2. The van der Waals surface area contributed by atoms with E-state index in [1.54, 1.807) is 0 Å². The van der Waals surface area contributed by atoms with Crippen molar-refractivity contribution in [2.75, 3.05) is 12.1 Å². The molecule has 23 heavy (non-hydrogen) atoms. The van der Waals surface area contributed by atoms with E-state index in [9.17, 15) is 5.11 Å². The van der Waals surface area contributed by atoms with Crippen LogP contribution in [0.15, 0.2) is 47.5 Å². The lowest BCUT2D eigenvalue weighted by Gasteiger charge is -2.23. The van der Waals surface area contributed by atoms with E-state index in [2.05, 4.69) is 29.7 Å². The van der Waals surface area contributed by atoms with Crippen LogP contribution in [-0.4, -0.2) is 22.9 Å². The Bertz CT molecular complexity index is 881. The van der Waals surface area contributed by atoms with Crippen LogP contribution in [0.1, 0.15) is 26.7 Å². The summed E-state index contributed by atoms with van der Waals surface area (Å²) >= 11 is 0. The molecule has 1 N–H and O–H groups in total. The molecule has 0 saturated heterocycles. The molecule has 2 aromatic rings. The summed E-state index contributed by atoms with van der Waals surface area (Å²) in [7, 11) is 2.07. The van der Waals surface area contributed by atoms with E-state index < -0.39 is 0 Å². The van der Waals surface area contributed by atoms with E-state index in [1.165, 1.54) is 0 Å². The average Bonchev–Trinajstić information content (AvgIpc) is 2.92. The molecule has 1 unspecified atom stereocenters. The number of hydrogen-bond acceptors (Lipinski definition) is 3. The van der Waals surface area contributed by atoms with Gasteiger partial charge in [0.25, 0.3) is 0 Å². The second-order valence-electron chi connectivity index (χ2n) is 5.77. The lowest BCUT2D eigenvalue weighted by Crippen LogP contribution is -2.50. The molecule has 0 amide bonds. The molecule has 0 bridgehead atoms. The Morgan fingerprint density at radius 3 is 2.52 bits per heavy atom. The van der Waals surface area contributed by atoms with E-state index in [0.717, 1.165) is 28.2 Å². The van der Waals surface area contributed by atoms with Crippen LogP contribution in [0.25, 0.3) is 11.8 Å². The Kier molecular flexibility index (Phi) is 4.24. The first-order valence-corrected chi connectivity index (χ1v) is 8.14. The zero-order valence-electron chi connectivity index (χ0n) is 13.9. The fourth-order valence-electron chi connectivity index (χ4n) is 3.02. The largest absolute Gasteiger partial charge is 0.512 e. The predicted octanol–water partition coefficient (Wildman–Crippen LogP) is 1.94. The van der Waals surface area contributed by atoms with Crippen LogP contribution in [0.5, 0.6) is 0 Å². The van der Waals surface area contributed by atoms with Crippen molar-refractivity contribution < 1.29 is 5.11 Å².